The molecule has 1 aliphatic heterocycles. The lowest BCUT2D eigenvalue weighted by atomic mass is 10.0. The van der Waals surface area contributed by atoms with Crippen LogP contribution in [0.1, 0.15) is 24.1 Å². The quantitative estimate of drug-likeness (QED) is 0.876. The molecule has 3 nitrogen and oxygen atoms in total. The Morgan fingerprint density at radius 3 is 2.42 bits per heavy atom. The van der Waals surface area contributed by atoms with Crippen LogP contribution >= 0.6 is 36.4 Å². The number of phenolic OH excluding ortho intramolecular Hbond substituents is 1. The Labute approximate surface area is 132 Å². The minimum Gasteiger partial charge on any atom is -0.507 e. The maximum Gasteiger partial charge on any atom is 0.123 e. The summed E-state index contributed by atoms with van der Waals surface area (Å²) in [6.45, 7) is 8.03. The van der Waals surface area contributed by atoms with Gasteiger partial charge in [-0.2, -0.15) is 0 Å². The average molecular weight is 328 g/mol. The third-order valence-corrected chi connectivity index (χ3v) is 3.66. The second-order valence-electron chi connectivity index (χ2n) is 4.62. The molecule has 110 valence electrons. The van der Waals surface area contributed by atoms with Crippen molar-refractivity contribution in [3.63, 3.8) is 0 Å². The Hall–Kier alpha value is -0.190. The van der Waals surface area contributed by atoms with Crippen LogP contribution in [0.4, 0.5) is 0 Å². The van der Waals surface area contributed by atoms with E-state index >= 15 is 0 Å². The first-order valence-corrected chi connectivity index (χ1v) is 6.41. The van der Waals surface area contributed by atoms with E-state index in [0.717, 1.165) is 37.3 Å². The largest absolute Gasteiger partial charge is 0.507 e. The summed E-state index contributed by atoms with van der Waals surface area (Å²) in [4.78, 5) is 2.36. The van der Waals surface area contributed by atoms with E-state index in [4.69, 9.17) is 11.6 Å². The first-order valence-electron chi connectivity index (χ1n) is 6.03. The summed E-state index contributed by atoms with van der Waals surface area (Å²) in [7, 11) is 0. The molecule has 0 aliphatic carbocycles. The highest BCUT2D eigenvalue weighted by Crippen LogP contribution is 2.33. The number of rotatable bonds is 2. The van der Waals surface area contributed by atoms with Gasteiger partial charge in [-0.3, -0.25) is 4.90 Å². The lowest BCUT2D eigenvalue weighted by Crippen LogP contribution is -2.44. The number of halogens is 3. The maximum absolute atomic E-state index is 10.1. The van der Waals surface area contributed by atoms with Crippen molar-refractivity contribution in [2.45, 2.75) is 19.9 Å². The molecular weight excluding hydrogens is 307 g/mol. The third kappa shape index (κ3) is 4.40. The molecule has 19 heavy (non-hydrogen) atoms. The summed E-state index contributed by atoms with van der Waals surface area (Å²) in [6, 6.07) is 3.87. The van der Waals surface area contributed by atoms with E-state index in [1.807, 2.05) is 13.0 Å². The van der Waals surface area contributed by atoms with Gasteiger partial charge in [-0.15, -0.1) is 24.8 Å². The van der Waals surface area contributed by atoms with Gasteiger partial charge in [-0.1, -0.05) is 11.6 Å². The molecular formula is C13H21Cl3N2O. The Balaban J connectivity index is 0.00000162. The molecule has 1 fully saturated rings. The minimum absolute atomic E-state index is 0. The number of nitrogens with zero attached hydrogens (tertiary/aromatic N) is 1. The zero-order valence-corrected chi connectivity index (χ0v) is 13.5. The molecule has 6 heteroatoms. The lowest BCUT2D eigenvalue weighted by molar-refractivity contribution is 0.183. The highest BCUT2D eigenvalue weighted by atomic mass is 35.5. The van der Waals surface area contributed by atoms with Gasteiger partial charge in [0.25, 0.3) is 0 Å². The summed E-state index contributed by atoms with van der Waals surface area (Å²) < 4.78 is 0. The normalized spacial score (nSPS) is 17.2. The van der Waals surface area contributed by atoms with Gasteiger partial charge in [0.2, 0.25) is 0 Å². The van der Waals surface area contributed by atoms with Crippen LogP contribution in [0.25, 0.3) is 0 Å². The summed E-state index contributed by atoms with van der Waals surface area (Å²) in [5, 5.41) is 14.1. The van der Waals surface area contributed by atoms with Crippen molar-refractivity contribution in [2.24, 2.45) is 0 Å². The predicted octanol–water partition coefficient (Wildman–Crippen LogP) is 3.16. The van der Waals surface area contributed by atoms with Crippen LogP contribution < -0.4 is 5.32 Å². The van der Waals surface area contributed by atoms with Gasteiger partial charge in [0.15, 0.2) is 0 Å². The minimum atomic E-state index is 0. The second kappa shape index (κ2) is 8.18. The number of benzene rings is 1. The number of aromatic hydroxyl groups is 1. The van der Waals surface area contributed by atoms with E-state index in [1.54, 1.807) is 6.07 Å². The van der Waals surface area contributed by atoms with Crippen molar-refractivity contribution in [3.05, 3.63) is 28.3 Å². The highest BCUT2D eigenvalue weighted by molar-refractivity contribution is 6.30. The summed E-state index contributed by atoms with van der Waals surface area (Å²) in [5.74, 6) is 0.375. The smallest absolute Gasteiger partial charge is 0.123 e. The summed E-state index contributed by atoms with van der Waals surface area (Å²) >= 11 is 6.06. The fraction of sp³-hybridized carbons (Fsp3) is 0.538. The molecule has 0 radical (unpaired) electrons. The van der Waals surface area contributed by atoms with Gasteiger partial charge in [0.1, 0.15) is 5.75 Å². The van der Waals surface area contributed by atoms with Gasteiger partial charge < -0.3 is 10.4 Å². The van der Waals surface area contributed by atoms with Crippen molar-refractivity contribution < 1.29 is 5.11 Å². The first kappa shape index (κ1) is 18.8. The third-order valence-electron chi connectivity index (χ3n) is 3.44. The van der Waals surface area contributed by atoms with Crippen LogP contribution in [0.2, 0.25) is 5.02 Å². The van der Waals surface area contributed by atoms with Crippen LogP contribution in [0, 0.1) is 6.92 Å². The summed E-state index contributed by atoms with van der Waals surface area (Å²) in [5.41, 5.74) is 1.77. The summed E-state index contributed by atoms with van der Waals surface area (Å²) in [6.07, 6.45) is 0. The second-order valence-corrected chi connectivity index (χ2v) is 5.06. The highest BCUT2D eigenvalue weighted by Gasteiger charge is 2.21. The van der Waals surface area contributed by atoms with E-state index in [-0.39, 0.29) is 30.9 Å². The molecule has 0 saturated carbocycles. The van der Waals surface area contributed by atoms with Crippen LogP contribution in [-0.4, -0.2) is 36.2 Å². The molecule has 1 heterocycles. The van der Waals surface area contributed by atoms with Crippen molar-refractivity contribution in [3.8, 4) is 5.75 Å². The molecule has 1 saturated heterocycles. The standard InChI is InChI=1S/C13H19ClN2O.2ClH/c1-9-7-11(14)8-12(13(9)17)10(2)16-5-3-15-4-6-16;;/h7-8,10,15,17H,3-6H2,1-2H3;2*1H/t10-;;/m1../s1. The molecule has 0 unspecified atom stereocenters. The molecule has 2 N–H and O–H groups in total. The SMILES string of the molecule is Cc1cc(Cl)cc([C@@H](C)N2CCNCC2)c1O.Cl.Cl. The fourth-order valence-corrected chi connectivity index (χ4v) is 2.63. The van der Waals surface area contributed by atoms with E-state index in [2.05, 4.69) is 17.1 Å². The van der Waals surface area contributed by atoms with Crippen molar-refractivity contribution in [2.75, 3.05) is 26.2 Å². The molecule has 1 aromatic rings. The van der Waals surface area contributed by atoms with Crippen molar-refractivity contribution >= 4 is 36.4 Å². The van der Waals surface area contributed by atoms with Crippen LogP contribution in [0.5, 0.6) is 5.75 Å². The Morgan fingerprint density at radius 1 is 1.26 bits per heavy atom. The van der Waals surface area contributed by atoms with Crippen LogP contribution in [0.3, 0.4) is 0 Å². The first-order chi connectivity index (χ1) is 8.09. The zero-order valence-electron chi connectivity index (χ0n) is 11.1. The van der Waals surface area contributed by atoms with E-state index in [0.29, 0.717) is 10.8 Å². The van der Waals surface area contributed by atoms with Gasteiger partial charge in [0, 0.05) is 42.8 Å². The predicted molar refractivity (Wildman–Crippen MR) is 85.2 cm³/mol. The van der Waals surface area contributed by atoms with Gasteiger partial charge >= 0.3 is 0 Å². The van der Waals surface area contributed by atoms with Gasteiger partial charge in [-0.05, 0) is 31.5 Å². The molecule has 1 atom stereocenters. The van der Waals surface area contributed by atoms with E-state index < -0.39 is 0 Å². The van der Waals surface area contributed by atoms with E-state index in [1.165, 1.54) is 0 Å². The van der Waals surface area contributed by atoms with Gasteiger partial charge in [0.05, 0.1) is 0 Å². The Morgan fingerprint density at radius 2 is 1.84 bits per heavy atom. The Bertz CT molecular complexity index is 409. The molecule has 0 aromatic heterocycles. The number of piperazine rings is 1. The lowest BCUT2D eigenvalue weighted by Gasteiger charge is -2.33. The number of hydrogen-bond donors (Lipinski definition) is 2. The molecule has 0 bridgehead atoms. The van der Waals surface area contributed by atoms with Crippen LogP contribution in [-0.2, 0) is 0 Å². The van der Waals surface area contributed by atoms with Crippen molar-refractivity contribution in [1.82, 2.24) is 10.2 Å². The van der Waals surface area contributed by atoms with Gasteiger partial charge in [-0.25, -0.2) is 0 Å². The van der Waals surface area contributed by atoms with Crippen LogP contribution in [0.15, 0.2) is 12.1 Å². The topological polar surface area (TPSA) is 35.5 Å². The number of phenols is 1. The van der Waals surface area contributed by atoms with Crippen molar-refractivity contribution in [1.29, 1.82) is 0 Å². The fourth-order valence-electron chi connectivity index (χ4n) is 2.35. The zero-order chi connectivity index (χ0) is 12.4. The van der Waals surface area contributed by atoms with E-state index in [9.17, 15) is 5.11 Å². The average Bonchev–Trinajstić information content (AvgIpc) is 2.34. The number of hydrogen-bond acceptors (Lipinski definition) is 3. The Kier molecular flexibility index (Phi) is 8.09. The molecule has 1 aliphatic rings. The molecule has 0 amide bonds. The molecule has 0 spiro atoms. The molecule has 1 aromatic carbocycles. The number of nitrogens with one attached hydrogen (secondary N) is 1. The number of aryl methyl sites for hydroxylation is 1. The molecule has 2 rings (SSSR count). The monoisotopic (exact) mass is 326 g/mol. The maximum atomic E-state index is 10.1.